The minimum atomic E-state index is 0. The molecule has 0 amide bonds. The average molecular weight is 187 g/mol. The summed E-state index contributed by atoms with van der Waals surface area (Å²) >= 11 is 0. The topological polar surface area (TPSA) is 24.9 Å². The van der Waals surface area contributed by atoms with E-state index < -0.39 is 0 Å². The Morgan fingerprint density at radius 3 is 2.92 bits per heavy atom. The van der Waals surface area contributed by atoms with Crippen LogP contribution in [0.5, 0.6) is 0 Å². The summed E-state index contributed by atoms with van der Waals surface area (Å²) in [6.07, 6.45) is 4.87. The van der Waals surface area contributed by atoms with Crippen molar-refractivity contribution in [3.05, 3.63) is 30.1 Å². The van der Waals surface area contributed by atoms with E-state index in [0.29, 0.717) is 0 Å². The molecule has 0 aliphatic carbocycles. The minimum Gasteiger partial charge on any atom is -0.313 e. The highest BCUT2D eigenvalue weighted by Gasteiger charge is 1.88. The Morgan fingerprint density at radius 2 is 2.33 bits per heavy atom. The summed E-state index contributed by atoms with van der Waals surface area (Å²) in [4.78, 5) is 4.02. The van der Waals surface area contributed by atoms with Crippen molar-refractivity contribution in [1.82, 2.24) is 10.3 Å². The van der Waals surface area contributed by atoms with E-state index in [4.69, 9.17) is 0 Å². The van der Waals surface area contributed by atoms with Crippen LogP contribution in [0.1, 0.15) is 18.9 Å². The molecule has 1 N–H and O–H groups in total. The van der Waals surface area contributed by atoms with Gasteiger partial charge in [-0.3, -0.25) is 4.98 Å². The van der Waals surface area contributed by atoms with Gasteiger partial charge in [-0.05, 0) is 24.6 Å². The number of halogens is 1. The third-order valence-electron chi connectivity index (χ3n) is 1.48. The van der Waals surface area contributed by atoms with Gasteiger partial charge in [-0.15, -0.1) is 12.4 Å². The van der Waals surface area contributed by atoms with Gasteiger partial charge in [0.25, 0.3) is 0 Å². The molecule has 0 fully saturated rings. The van der Waals surface area contributed by atoms with Crippen molar-refractivity contribution < 1.29 is 0 Å². The summed E-state index contributed by atoms with van der Waals surface area (Å²) in [7, 11) is 0. The van der Waals surface area contributed by atoms with E-state index >= 15 is 0 Å². The lowest BCUT2D eigenvalue weighted by molar-refractivity contribution is 0.674. The van der Waals surface area contributed by atoms with Crippen LogP contribution in [0.3, 0.4) is 0 Å². The highest BCUT2D eigenvalue weighted by molar-refractivity contribution is 5.85. The van der Waals surface area contributed by atoms with Crippen molar-refractivity contribution in [2.24, 2.45) is 0 Å². The van der Waals surface area contributed by atoms with E-state index in [1.54, 1.807) is 6.20 Å². The molecule has 12 heavy (non-hydrogen) atoms. The van der Waals surface area contributed by atoms with Gasteiger partial charge < -0.3 is 5.32 Å². The Balaban J connectivity index is 0.00000121. The lowest BCUT2D eigenvalue weighted by Crippen LogP contribution is -2.13. The first-order chi connectivity index (χ1) is 5.43. The minimum absolute atomic E-state index is 0. The zero-order valence-corrected chi connectivity index (χ0v) is 8.10. The smallest absolute Gasteiger partial charge is 0.0312 e. The molecule has 0 unspecified atom stereocenters. The molecule has 0 saturated heterocycles. The van der Waals surface area contributed by atoms with E-state index in [-0.39, 0.29) is 12.4 Å². The molecule has 2 nitrogen and oxygen atoms in total. The van der Waals surface area contributed by atoms with Crippen LogP contribution >= 0.6 is 12.4 Å². The standard InChI is InChI=1S/C9H14N2.ClH/c1-2-5-10-7-9-4-3-6-11-8-9;/h3-4,6,8,10H,2,5,7H2,1H3;1H. The Kier molecular flexibility index (Phi) is 6.72. The van der Waals surface area contributed by atoms with Gasteiger partial charge in [0.05, 0.1) is 0 Å². The highest BCUT2D eigenvalue weighted by Crippen LogP contribution is 1.93. The zero-order chi connectivity index (χ0) is 7.94. The van der Waals surface area contributed by atoms with Crippen molar-refractivity contribution in [2.75, 3.05) is 6.54 Å². The number of aromatic nitrogens is 1. The summed E-state index contributed by atoms with van der Waals surface area (Å²) in [5.41, 5.74) is 1.25. The zero-order valence-electron chi connectivity index (χ0n) is 7.29. The maximum Gasteiger partial charge on any atom is 0.0312 e. The molecule has 1 aromatic heterocycles. The predicted octanol–water partition coefficient (Wildman–Crippen LogP) is 2.00. The first kappa shape index (κ1) is 11.4. The van der Waals surface area contributed by atoms with Crippen LogP contribution < -0.4 is 5.32 Å². The van der Waals surface area contributed by atoms with E-state index in [0.717, 1.165) is 13.1 Å². The van der Waals surface area contributed by atoms with Crippen molar-refractivity contribution in [1.29, 1.82) is 0 Å². The van der Waals surface area contributed by atoms with Crippen LogP contribution in [0.15, 0.2) is 24.5 Å². The lowest BCUT2D eigenvalue weighted by Gasteiger charge is -2.00. The first-order valence-electron chi connectivity index (χ1n) is 4.03. The fraction of sp³-hybridized carbons (Fsp3) is 0.444. The van der Waals surface area contributed by atoms with Crippen LogP contribution in [0, 0.1) is 0 Å². The van der Waals surface area contributed by atoms with Gasteiger partial charge in [0, 0.05) is 18.9 Å². The van der Waals surface area contributed by atoms with E-state index in [2.05, 4.69) is 23.3 Å². The quantitative estimate of drug-likeness (QED) is 0.728. The van der Waals surface area contributed by atoms with Gasteiger partial charge in [0.1, 0.15) is 0 Å². The molecule has 0 aliphatic rings. The summed E-state index contributed by atoms with van der Waals surface area (Å²) in [5.74, 6) is 0. The van der Waals surface area contributed by atoms with E-state index in [9.17, 15) is 0 Å². The first-order valence-corrected chi connectivity index (χ1v) is 4.03. The fourth-order valence-electron chi connectivity index (χ4n) is 0.912. The second-order valence-corrected chi connectivity index (χ2v) is 2.54. The highest BCUT2D eigenvalue weighted by atomic mass is 35.5. The fourth-order valence-corrected chi connectivity index (χ4v) is 0.912. The number of rotatable bonds is 4. The average Bonchev–Trinajstić information content (AvgIpc) is 2.07. The van der Waals surface area contributed by atoms with E-state index in [1.165, 1.54) is 12.0 Å². The molecule has 0 aliphatic heterocycles. The molecule has 68 valence electrons. The lowest BCUT2D eigenvalue weighted by atomic mass is 10.3. The van der Waals surface area contributed by atoms with Crippen LogP contribution in [-0.2, 0) is 6.54 Å². The van der Waals surface area contributed by atoms with Gasteiger partial charge in [-0.1, -0.05) is 13.0 Å². The number of pyridine rings is 1. The maximum absolute atomic E-state index is 4.02. The Morgan fingerprint density at radius 1 is 1.50 bits per heavy atom. The number of hydrogen-bond donors (Lipinski definition) is 1. The predicted molar refractivity (Wildman–Crippen MR) is 53.5 cm³/mol. The third kappa shape index (κ3) is 4.31. The molecule has 1 aromatic rings. The molecule has 0 bridgehead atoms. The largest absolute Gasteiger partial charge is 0.313 e. The number of hydrogen-bond acceptors (Lipinski definition) is 2. The van der Waals surface area contributed by atoms with Gasteiger partial charge in [0.2, 0.25) is 0 Å². The van der Waals surface area contributed by atoms with E-state index in [1.807, 2.05) is 12.3 Å². The molecule has 1 heterocycles. The molecule has 0 atom stereocenters. The summed E-state index contributed by atoms with van der Waals surface area (Å²) in [6, 6.07) is 4.04. The molecule has 3 heteroatoms. The van der Waals surface area contributed by atoms with Crippen molar-refractivity contribution >= 4 is 12.4 Å². The normalized spacial score (nSPS) is 9.08. The summed E-state index contributed by atoms with van der Waals surface area (Å²) in [6.45, 7) is 4.17. The summed E-state index contributed by atoms with van der Waals surface area (Å²) in [5, 5.41) is 3.31. The van der Waals surface area contributed by atoms with Crippen molar-refractivity contribution in [3.8, 4) is 0 Å². The van der Waals surface area contributed by atoms with Gasteiger partial charge in [-0.2, -0.15) is 0 Å². The second-order valence-electron chi connectivity index (χ2n) is 2.54. The molecule has 0 saturated carbocycles. The Labute approximate surface area is 79.8 Å². The third-order valence-corrected chi connectivity index (χ3v) is 1.48. The molecule has 1 rings (SSSR count). The summed E-state index contributed by atoms with van der Waals surface area (Å²) < 4.78 is 0. The molecule has 0 radical (unpaired) electrons. The van der Waals surface area contributed by atoms with Crippen LogP contribution in [0.25, 0.3) is 0 Å². The molecular weight excluding hydrogens is 172 g/mol. The van der Waals surface area contributed by atoms with Gasteiger partial charge in [-0.25, -0.2) is 0 Å². The molecular formula is C9H15ClN2. The molecule has 0 spiro atoms. The van der Waals surface area contributed by atoms with Crippen LogP contribution in [0.4, 0.5) is 0 Å². The van der Waals surface area contributed by atoms with Crippen LogP contribution in [-0.4, -0.2) is 11.5 Å². The maximum atomic E-state index is 4.02. The van der Waals surface area contributed by atoms with Crippen molar-refractivity contribution in [3.63, 3.8) is 0 Å². The monoisotopic (exact) mass is 186 g/mol. The second kappa shape index (κ2) is 7.07. The Hall–Kier alpha value is -0.600. The number of nitrogens with zero attached hydrogens (tertiary/aromatic N) is 1. The Bertz CT molecular complexity index is 189. The van der Waals surface area contributed by atoms with Crippen molar-refractivity contribution in [2.45, 2.75) is 19.9 Å². The van der Waals surface area contributed by atoms with Gasteiger partial charge in [0.15, 0.2) is 0 Å². The van der Waals surface area contributed by atoms with Crippen LogP contribution in [0.2, 0.25) is 0 Å². The molecule has 0 aromatic carbocycles. The van der Waals surface area contributed by atoms with Gasteiger partial charge >= 0.3 is 0 Å². The number of nitrogens with one attached hydrogen (secondary N) is 1. The SMILES string of the molecule is CCCNCc1cccnc1.Cl.